The maximum Gasteiger partial charge on any atom is 0.410 e. The summed E-state index contributed by atoms with van der Waals surface area (Å²) in [6.07, 6.45) is 10.1. The van der Waals surface area contributed by atoms with E-state index in [1.807, 2.05) is 22.8 Å². The van der Waals surface area contributed by atoms with Gasteiger partial charge < -0.3 is 4.74 Å². The first-order chi connectivity index (χ1) is 15.7. The Morgan fingerprint density at radius 3 is 2.44 bits per heavy atom. The Morgan fingerprint density at radius 2 is 1.78 bits per heavy atom. The summed E-state index contributed by atoms with van der Waals surface area (Å²) in [5.74, 6) is 0.0949. The van der Waals surface area contributed by atoms with Gasteiger partial charge in [-0.25, -0.2) is 4.79 Å². The molecule has 0 spiro atoms. The number of carbonyl (C=O) groups excluding carboxylic acids is 1. The molecule has 3 aromatic rings. The fourth-order valence-electron chi connectivity index (χ4n) is 5.78. The van der Waals surface area contributed by atoms with Crippen molar-refractivity contribution in [2.24, 2.45) is 7.05 Å². The minimum atomic E-state index is -0.178. The number of amides is 1. The Labute approximate surface area is 188 Å². The molecular formula is C27H27N3O2. The molecular weight excluding hydrogens is 398 g/mol. The summed E-state index contributed by atoms with van der Waals surface area (Å²) in [6, 6.07) is 17.2. The number of benzene rings is 2. The molecule has 5 heteroatoms. The number of aromatic nitrogens is 2. The second kappa shape index (κ2) is 7.66. The zero-order valence-corrected chi connectivity index (χ0v) is 18.3. The average Bonchev–Trinajstić information content (AvgIpc) is 3.38. The van der Waals surface area contributed by atoms with Crippen LogP contribution in [0, 0.1) is 0 Å². The molecule has 162 valence electrons. The monoisotopic (exact) mass is 425 g/mol. The molecule has 2 aromatic carbocycles. The Bertz CT molecular complexity index is 1170. The molecule has 0 saturated carbocycles. The van der Waals surface area contributed by atoms with Crippen LogP contribution >= 0.6 is 0 Å². The normalized spacial score (nSPS) is 21.7. The van der Waals surface area contributed by atoms with Gasteiger partial charge in [-0.15, -0.1) is 0 Å². The van der Waals surface area contributed by atoms with Crippen LogP contribution in [-0.4, -0.2) is 39.5 Å². The van der Waals surface area contributed by atoms with Crippen molar-refractivity contribution in [1.29, 1.82) is 0 Å². The lowest BCUT2D eigenvalue weighted by atomic mass is 9.84. The van der Waals surface area contributed by atoms with Crippen LogP contribution in [0.15, 0.2) is 67.0 Å². The van der Waals surface area contributed by atoms with Gasteiger partial charge in [-0.1, -0.05) is 54.6 Å². The molecule has 6 rings (SSSR count). The molecule has 2 aliphatic heterocycles. The van der Waals surface area contributed by atoms with Gasteiger partial charge in [0.05, 0.1) is 12.2 Å². The summed E-state index contributed by atoms with van der Waals surface area (Å²) < 4.78 is 7.84. The van der Waals surface area contributed by atoms with E-state index in [1.165, 1.54) is 27.8 Å². The van der Waals surface area contributed by atoms with Crippen LogP contribution in [0.25, 0.3) is 16.7 Å². The van der Waals surface area contributed by atoms with Crippen LogP contribution in [-0.2, 0) is 11.8 Å². The number of rotatable bonds is 3. The Kier molecular flexibility index (Phi) is 4.63. The summed E-state index contributed by atoms with van der Waals surface area (Å²) in [5, 5.41) is 4.32. The third-order valence-electron chi connectivity index (χ3n) is 7.26. The first-order valence-corrected chi connectivity index (χ1v) is 11.5. The Morgan fingerprint density at radius 1 is 1.06 bits per heavy atom. The van der Waals surface area contributed by atoms with Crippen LogP contribution < -0.4 is 0 Å². The molecule has 0 N–H and O–H groups in total. The van der Waals surface area contributed by atoms with Crippen molar-refractivity contribution < 1.29 is 9.53 Å². The molecule has 2 atom stereocenters. The number of hydrogen-bond donors (Lipinski definition) is 0. The third-order valence-corrected chi connectivity index (χ3v) is 7.26. The van der Waals surface area contributed by atoms with Gasteiger partial charge in [0.2, 0.25) is 0 Å². The van der Waals surface area contributed by atoms with E-state index in [1.54, 1.807) is 0 Å². The minimum absolute atomic E-state index is 0.0949. The maximum atomic E-state index is 13.3. The molecule has 1 saturated heterocycles. The standard InChI is InChI=1S/C27H27N3O2/c1-29-16-19(15-28-29)18-13-20-7-6-8-21(14-18)30(20)27(31)32-17-26-24-11-4-2-9-22(24)23-10-3-5-12-25(23)26/h2-5,9-13,15-16,20-21,26H,6-8,14,17H2,1H3. The molecule has 1 aromatic heterocycles. The van der Waals surface area contributed by atoms with E-state index in [2.05, 4.69) is 65.9 Å². The first-order valence-electron chi connectivity index (χ1n) is 11.5. The van der Waals surface area contributed by atoms with Crippen molar-refractivity contribution in [1.82, 2.24) is 14.7 Å². The van der Waals surface area contributed by atoms with E-state index in [0.29, 0.717) is 6.61 Å². The van der Waals surface area contributed by atoms with Crippen LogP contribution in [0.3, 0.4) is 0 Å². The quantitative estimate of drug-likeness (QED) is 0.566. The predicted octanol–water partition coefficient (Wildman–Crippen LogP) is 5.38. The Hall–Kier alpha value is -3.34. The molecule has 5 nitrogen and oxygen atoms in total. The fraction of sp³-hybridized carbons (Fsp3) is 0.333. The fourth-order valence-corrected chi connectivity index (χ4v) is 5.78. The zero-order chi connectivity index (χ0) is 21.7. The topological polar surface area (TPSA) is 47.4 Å². The maximum absolute atomic E-state index is 13.3. The van der Waals surface area contributed by atoms with Crippen molar-refractivity contribution in [3.63, 3.8) is 0 Å². The zero-order valence-electron chi connectivity index (χ0n) is 18.3. The molecule has 3 aliphatic rings. The smallest absolute Gasteiger partial charge is 0.410 e. The lowest BCUT2D eigenvalue weighted by Gasteiger charge is -2.44. The molecule has 32 heavy (non-hydrogen) atoms. The first kappa shape index (κ1) is 19.4. The largest absolute Gasteiger partial charge is 0.448 e. The van der Waals surface area contributed by atoms with Crippen LogP contribution in [0.4, 0.5) is 4.79 Å². The van der Waals surface area contributed by atoms with Crippen LogP contribution in [0.2, 0.25) is 0 Å². The highest BCUT2D eigenvalue weighted by Gasteiger charge is 2.39. The molecule has 2 bridgehead atoms. The summed E-state index contributed by atoms with van der Waals surface area (Å²) in [7, 11) is 1.94. The van der Waals surface area contributed by atoms with Crippen molar-refractivity contribution in [2.75, 3.05) is 6.61 Å². The summed E-state index contributed by atoms with van der Waals surface area (Å²) >= 11 is 0. The second-order valence-corrected chi connectivity index (χ2v) is 9.16. The van der Waals surface area contributed by atoms with Gasteiger partial charge in [0.25, 0.3) is 0 Å². The van der Waals surface area contributed by atoms with E-state index < -0.39 is 0 Å². The van der Waals surface area contributed by atoms with Gasteiger partial charge >= 0.3 is 6.09 Å². The minimum Gasteiger partial charge on any atom is -0.448 e. The summed E-state index contributed by atoms with van der Waals surface area (Å²) in [5.41, 5.74) is 7.47. The lowest BCUT2D eigenvalue weighted by Crippen LogP contribution is -2.51. The van der Waals surface area contributed by atoms with E-state index in [4.69, 9.17) is 4.74 Å². The molecule has 3 heterocycles. The van der Waals surface area contributed by atoms with Gasteiger partial charge in [-0.3, -0.25) is 9.58 Å². The highest BCUT2D eigenvalue weighted by atomic mass is 16.6. The molecule has 1 fully saturated rings. The SMILES string of the molecule is Cn1cc(C2=CC3CCCC(C2)N3C(=O)OCC2c3ccccc3-c3ccccc32)cn1. The van der Waals surface area contributed by atoms with Gasteiger partial charge in [0.1, 0.15) is 6.61 Å². The van der Waals surface area contributed by atoms with Gasteiger partial charge in [0, 0.05) is 30.8 Å². The summed E-state index contributed by atoms with van der Waals surface area (Å²) in [4.78, 5) is 15.3. The van der Waals surface area contributed by atoms with Crippen molar-refractivity contribution in [2.45, 2.75) is 43.7 Å². The number of fused-ring (bicyclic) bond motifs is 5. The van der Waals surface area contributed by atoms with E-state index in [0.717, 1.165) is 31.2 Å². The highest BCUT2D eigenvalue weighted by Crippen LogP contribution is 2.45. The molecule has 0 radical (unpaired) electrons. The Balaban J connectivity index is 1.22. The van der Waals surface area contributed by atoms with Crippen molar-refractivity contribution >= 4 is 11.7 Å². The van der Waals surface area contributed by atoms with E-state index in [9.17, 15) is 4.79 Å². The van der Waals surface area contributed by atoms with Gasteiger partial charge in [0.15, 0.2) is 0 Å². The van der Waals surface area contributed by atoms with E-state index >= 15 is 0 Å². The summed E-state index contributed by atoms with van der Waals surface area (Å²) in [6.45, 7) is 0.377. The lowest BCUT2D eigenvalue weighted by molar-refractivity contribution is 0.0539. The van der Waals surface area contributed by atoms with Crippen LogP contribution in [0.5, 0.6) is 0 Å². The van der Waals surface area contributed by atoms with Crippen molar-refractivity contribution in [3.05, 3.63) is 83.7 Å². The van der Waals surface area contributed by atoms with Crippen molar-refractivity contribution in [3.8, 4) is 11.1 Å². The average molecular weight is 426 g/mol. The molecule has 1 aliphatic carbocycles. The number of ether oxygens (including phenoxy) is 1. The van der Waals surface area contributed by atoms with Gasteiger partial charge in [-0.05, 0) is 53.5 Å². The van der Waals surface area contributed by atoms with Gasteiger partial charge in [-0.2, -0.15) is 5.10 Å². The molecule has 1 amide bonds. The number of carbonyl (C=O) groups is 1. The second-order valence-electron chi connectivity index (χ2n) is 9.16. The number of nitrogens with zero attached hydrogens (tertiary/aromatic N) is 3. The van der Waals surface area contributed by atoms with Crippen LogP contribution in [0.1, 0.15) is 48.3 Å². The number of piperidine rings is 1. The highest BCUT2D eigenvalue weighted by molar-refractivity contribution is 5.79. The van der Waals surface area contributed by atoms with E-state index in [-0.39, 0.29) is 24.1 Å². The number of aryl methyl sites for hydroxylation is 1. The third kappa shape index (κ3) is 3.15. The predicted molar refractivity (Wildman–Crippen MR) is 124 cm³/mol. The number of hydrogen-bond acceptors (Lipinski definition) is 3. The molecule has 2 unspecified atom stereocenters.